The minimum atomic E-state index is 0.664. The molecule has 0 aromatic heterocycles. The maximum Gasteiger partial charge on any atom is -0.0102 e. The number of hydrogen-bond donors (Lipinski definition) is 0. The van der Waals surface area contributed by atoms with Gasteiger partial charge in [-0.15, -0.1) is 0 Å². The summed E-state index contributed by atoms with van der Waals surface area (Å²) < 4.78 is 0. The first-order valence-corrected chi connectivity index (χ1v) is 6.17. The predicted octanol–water partition coefficient (Wildman–Crippen LogP) is 4.50. The van der Waals surface area contributed by atoms with Gasteiger partial charge in [-0.05, 0) is 42.6 Å². The van der Waals surface area contributed by atoms with E-state index in [1.54, 1.807) is 11.1 Å². The van der Waals surface area contributed by atoms with Gasteiger partial charge in [-0.2, -0.15) is 0 Å². The van der Waals surface area contributed by atoms with E-state index >= 15 is 0 Å². The van der Waals surface area contributed by atoms with Crippen molar-refractivity contribution in [2.75, 3.05) is 0 Å². The average molecular weight is 202 g/mol. The highest BCUT2D eigenvalue weighted by molar-refractivity contribution is 5.38. The molecule has 0 spiro atoms. The summed E-state index contributed by atoms with van der Waals surface area (Å²) in [4.78, 5) is 0. The Morgan fingerprint density at radius 2 is 2.13 bits per heavy atom. The highest BCUT2D eigenvalue weighted by atomic mass is 14.3. The van der Waals surface area contributed by atoms with Crippen LogP contribution in [0.2, 0.25) is 0 Å². The summed E-state index contributed by atoms with van der Waals surface area (Å²) in [5.74, 6) is 2.20. The normalized spacial score (nSPS) is 31.1. The Balaban J connectivity index is 2.37. The largest absolute Gasteiger partial charge is 0.0995 e. The summed E-state index contributed by atoms with van der Waals surface area (Å²) in [6.45, 7) is 11.1. The lowest BCUT2D eigenvalue weighted by atomic mass is 9.69. The molecule has 0 aromatic carbocycles. The standard InChI is InChI=1S/C15H22/c1-10(2)13-8-6-12(4)14-7-5-11(3)9-15(13)14/h6,8,10,12,14H,3,5,7,9H2,1-2,4H3. The third kappa shape index (κ3) is 1.95. The van der Waals surface area contributed by atoms with Crippen LogP contribution in [-0.2, 0) is 0 Å². The molecule has 2 aliphatic rings. The van der Waals surface area contributed by atoms with E-state index in [0.29, 0.717) is 5.92 Å². The smallest absolute Gasteiger partial charge is 0.0102 e. The van der Waals surface area contributed by atoms with E-state index in [9.17, 15) is 0 Å². The van der Waals surface area contributed by atoms with Crippen LogP contribution < -0.4 is 0 Å². The Morgan fingerprint density at radius 1 is 1.40 bits per heavy atom. The number of rotatable bonds is 1. The number of allylic oxidation sites excluding steroid dienone is 5. The maximum atomic E-state index is 4.17. The Kier molecular flexibility index (Phi) is 2.86. The fourth-order valence-electron chi connectivity index (χ4n) is 2.98. The monoisotopic (exact) mass is 202 g/mol. The van der Waals surface area contributed by atoms with Gasteiger partial charge in [0.15, 0.2) is 0 Å². The molecule has 2 rings (SSSR count). The third-order valence-electron chi connectivity index (χ3n) is 3.90. The summed E-state index contributed by atoms with van der Waals surface area (Å²) in [5.41, 5.74) is 4.71. The third-order valence-corrected chi connectivity index (χ3v) is 3.90. The van der Waals surface area contributed by atoms with E-state index < -0.39 is 0 Å². The average Bonchev–Trinajstić information content (AvgIpc) is 2.17. The summed E-state index contributed by atoms with van der Waals surface area (Å²) in [6.07, 6.45) is 8.47. The maximum absolute atomic E-state index is 4.17. The molecule has 0 aromatic rings. The first kappa shape index (κ1) is 10.7. The summed E-state index contributed by atoms with van der Waals surface area (Å²) in [7, 11) is 0. The zero-order valence-electron chi connectivity index (χ0n) is 10.2. The number of fused-ring (bicyclic) bond motifs is 1. The molecule has 0 amide bonds. The van der Waals surface area contributed by atoms with Crippen molar-refractivity contribution in [1.82, 2.24) is 0 Å². The van der Waals surface area contributed by atoms with Crippen molar-refractivity contribution in [3.8, 4) is 0 Å². The van der Waals surface area contributed by atoms with E-state index in [1.807, 2.05) is 0 Å². The second-order valence-electron chi connectivity index (χ2n) is 5.43. The van der Waals surface area contributed by atoms with Gasteiger partial charge in [-0.25, -0.2) is 0 Å². The summed E-state index contributed by atoms with van der Waals surface area (Å²) >= 11 is 0. The highest BCUT2D eigenvalue weighted by Gasteiger charge is 2.29. The van der Waals surface area contributed by atoms with Crippen LogP contribution in [0.25, 0.3) is 0 Å². The first-order chi connectivity index (χ1) is 7.09. The molecule has 15 heavy (non-hydrogen) atoms. The minimum absolute atomic E-state index is 0.664. The van der Waals surface area contributed by atoms with Crippen molar-refractivity contribution < 1.29 is 0 Å². The van der Waals surface area contributed by atoms with Gasteiger partial charge < -0.3 is 0 Å². The molecular formula is C15H22. The Labute approximate surface area is 93.8 Å². The van der Waals surface area contributed by atoms with Crippen LogP contribution in [0.15, 0.2) is 35.5 Å². The van der Waals surface area contributed by atoms with Crippen LogP contribution in [0.5, 0.6) is 0 Å². The molecule has 82 valence electrons. The quantitative estimate of drug-likeness (QED) is 0.549. The van der Waals surface area contributed by atoms with E-state index in [4.69, 9.17) is 0 Å². The van der Waals surface area contributed by atoms with Gasteiger partial charge in [0.1, 0.15) is 0 Å². The number of hydrogen-bond acceptors (Lipinski definition) is 0. The molecule has 1 saturated carbocycles. The first-order valence-electron chi connectivity index (χ1n) is 6.17. The molecule has 0 heterocycles. The summed E-state index contributed by atoms with van der Waals surface area (Å²) in [5, 5.41) is 0. The topological polar surface area (TPSA) is 0 Å². The van der Waals surface area contributed by atoms with Gasteiger partial charge in [0, 0.05) is 0 Å². The molecule has 2 unspecified atom stereocenters. The summed E-state index contributed by atoms with van der Waals surface area (Å²) in [6, 6.07) is 0. The van der Waals surface area contributed by atoms with Crippen molar-refractivity contribution in [1.29, 1.82) is 0 Å². The van der Waals surface area contributed by atoms with Gasteiger partial charge in [-0.1, -0.05) is 50.6 Å². The Bertz CT molecular complexity index is 328. The van der Waals surface area contributed by atoms with Gasteiger partial charge in [0.25, 0.3) is 0 Å². The van der Waals surface area contributed by atoms with Crippen molar-refractivity contribution in [2.24, 2.45) is 17.8 Å². The predicted molar refractivity (Wildman–Crippen MR) is 66.6 cm³/mol. The lowest BCUT2D eigenvalue weighted by molar-refractivity contribution is 0.405. The molecule has 0 bridgehead atoms. The van der Waals surface area contributed by atoms with Crippen molar-refractivity contribution in [3.63, 3.8) is 0 Å². The lowest BCUT2D eigenvalue weighted by Crippen LogP contribution is -2.23. The molecular weight excluding hydrogens is 180 g/mol. The molecule has 0 nitrogen and oxygen atoms in total. The molecule has 0 heteroatoms. The zero-order valence-corrected chi connectivity index (χ0v) is 10.2. The Morgan fingerprint density at radius 3 is 2.80 bits per heavy atom. The second-order valence-corrected chi connectivity index (χ2v) is 5.43. The molecule has 0 N–H and O–H groups in total. The van der Waals surface area contributed by atoms with Crippen molar-refractivity contribution in [2.45, 2.75) is 40.0 Å². The molecule has 0 radical (unpaired) electrons. The second kappa shape index (κ2) is 4.00. The van der Waals surface area contributed by atoms with Gasteiger partial charge in [0.2, 0.25) is 0 Å². The van der Waals surface area contributed by atoms with Gasteiger partial charge in [0.05, 0.1) is 0 Å². The van der Waals surface area contributed by atoms with Gasteiger partial charge >= 0.3 is 0 Å². The SMILES string of the molecule is C=C1CCC2C(=C(C(C)C)C=CC2C)C1. The fraction of sp³-hybridized carbons (Fsp3) is 0.600. The molecule has 2 aliphatic carbocycles. The van der Waals surface area contributed by atoms with Gasteiger partial charge in [-0.3, -0.25) is 0 Å². The van der Waals surface area contributed by atoms with Crippen LogP contribution in [0.1, 0.15) is 40.0 Å². The van der Waals surface area contributed by atoms with E-state index in [0.717, 1.165) is 18.3 Å². The molecule has 0 aliphatic heterocycles. The molecule has 2 atom stereocenters. The van der Waals surface area contributed by atoms with Crippen molar-refractivity contribution in [3.05, 3.63) is 35.5 Å². The van der Waals surface area contributed by atoms with Crippen LogP contribution >= 0.6 is 0 Å². The lowest BCUT2D eigenvalue weighted by Gasteiger charge is -2.36. The zero-order chi connectivity index (χ0) is 11.0. The highest BCUT2D eigenvalue weighted by Crippen LogP contribution is 2.43. The van der Waals surface area contributed by atoms with E-state index in [-0.39, 0.29) is 0 Å². The van der Waals surface area contributed by atoms with Crippen molar-refractivity contribution >= 4 is 0 Å². The van der Waals surface area contributed by atoms with Crippen LogP contribution in [0.4, 0.5) is 0 Å². The Hall–Kier alpha value is -0.780. The van der Waals surface area contributed by atoms with E-state index in [2.05, 4.69) is 39.5 Å². The molecule has 1 fully saturated rings. The van der Waals surface area contributed by atoms with Crippen LogP contribution in [0.3, 0.4) is 0 Å². The van der Waals surface area contributed by atoms with Crippen LogP contribution in [0, 0.1) is 17.8 Å². The fourth-order valence-corrected chi connectivity index (χ4v) is 2.98. The van der Waals surface area contributed by atoms with E-state index in [1.165, 1.54) is 18.4 Å². The minimum Gasteiger partial charge on any atom is -0.0995 e. The van der Waals surface area contributed by atoms with Crippen LogP contribution in [-0.4, -0.2) is 0 Å². The molecule has 0 saturated heterocycles.